The van der Waals surface area contributed by atoms with Gasteiger partial charge in [0.15, 0.2) is 15.1 Å². The fourth-order valence-corrected chi connectivity index (χ4v) is 3.11. The van der Waals surface area contributed by atoms with E-state index >= 15 is 0 Å². The zero-order chi connectivity index (χ0) is 17.6. The van der Waals surface area contributed by atoms with Crippen molar-refractivity contribution in [2.45, 2.75) is 10.1 Å². The number of nitriles is 1. The zero-order valence-corrected chi connectivity index (χ0v) is 14.0. The predicted molar refractivity (Wildman–Crippen MR) is 90.7 cm³/mol. The summed E-state index contributed by atoms with van der Waals surface area (Å²) in [5, 5.41) is 7.84. The Balaban J connectivity index is 2.28. The van der Waals surface area contributed by atoms with E-state index in [1.165, 1.54) is 38.5 Å². The van der Waals surface area contributed by atoms with Gasteiger partial charge in [-0.1, -0.05) is 6.07 Å². The molecule has 2 aromatic carbocycles. The Morgan fingerprint density at radius 3 is 2.33 bits per heavy atom. The lowest BCUT2D eigenvalue weighted by Gasteiger charge is -2.07. The normalized spacial score (nSPS) is 12.5. The quantitative estimate of drug-likeness (QED) is 0.752. The average molecular weight is 344 g/mol. The van der Waals surface area contributed by atoms with Gasteiger partial charge in [0, 0.05) is 12.3 Å². The maximum atomic E-state index is 12.5. The zero-order valence-electron chi connectivity index (χ0n) is 13.2. The molecule has 0 fully saturated rings. The van der Waals surface area contributed by atoms with Crippen molar-refractivity contribution in [3.05, 3.63) is 48.5 Å². The standard InChI is InChI=1S/C17H16N2O4S/c1-22-14-6-8-16(9-7-14)24(20,21)17(11-18)12-19-13-4-3-5-15(10-13)23-2/h3-10,12,17H,1-2H3. The SMILES string of the molecule is COc1ccc(S(=O)(=O)C(C#N)C=Nc2cccc(OC)c2)cc1. The molecular formula is C17H16N2O4S. The average Bonchev–Trinajstić information content (AvgIpc) is 2.62. The highest BCUT2D eigenvalue weighted by molar-refractivity contribution is 7.93. The van der Waals surface area contributed by atoms with Crippen molar-refractivity contribution >= 4 is 21.7 Å². The van der Waals surface area contributed by atoms with Crippen LogP contribution in [0.1, 0.15) is 0 Å². The van der Waals surface area contributed by atoms with E-state index < -0.39 is 15.1 Å². The van der Waals surface area contributed by atoms with E-state index in [1.807, 2.05) is 0 Å². The lowest BCUT2D eigenvalue weighted by Crippen LogP contribution is -2.21. The van der Waals surface area contributed by atoms with Gasteiger partial charge in [-0.15, -0.1) is 0 Å². The van der Waals surface area contributed by atoms with E-state index in [0.717, 1.165) is 6.21 Å². The van der Waals surface area contributed by atoms with E-state index in [0.29, 0.717) is 17.2 Å². The fourth-order valence-electron chi connectivity index (χ4n) is 1.94. The summed E-state index contributed by atoms with van der Waals surface area (Å²) in [5.41, 5.74) is 0.500. The van der Waals surface area contributed by atoms with Gasteiger partial charge in [-0.25, -0.2) is 8.42 Å². The van der Waals surface area contributed by atoms with Crippen molar-refractivity contribution in [3.63, 3.8) is 0 Å². The summed E-state index contributed by atoms with van der Waals surface area (Å²) in [4.78, 5) is 4.11. The molecule has 1 unspecified atom stereocenters. The van der Waals surface area contributed by atoms with Crippen LogP contribution >= 0.6 is 0 Å². The van der Waals surface area contributed by atoms with E-state index in [4.69, 9.17) is 9.47 Å². The maximum absolute atomic E-state index is 12.5. The minimum Gasteiger partial charge on any atom is -0.497 e. The number of rotatable bonds is 6. The summed E-state index contributed by atoms with van der Waals surface area (Å²) in [5.74, 6) is 1.13. The molecular weight excluding hydrogens is 328 g/mol. The Morgan fingerprint density at radius 2 is 1.75 bits per heavy atom. The Labute approximate surface area is 140 Å². The van der Waals surface area contributed by atoms with Crippen LogP contribution in [0, 0.1) is 11.3 Å². The number of ether oxygens (including phenoxy) is 2. The molecule has 0 aliphatic heterocycles. The summed E-state index contributed by atoms with van der Waals surface area (Å²) in [6.07, 6.45) is 1.12. The highest BCUT2D eigenvalue weighted by atomic mass is 32.2. The highest BCUT2D eigenvalue weighted by Gasteiger charge is 2.26. The van der Waals surface area contributed by atoms with Crippen LogP contribution in [0.15, 0.2) is 58.4 Å². The van der Waals surface area contributed by atoms with Crippen molar-refractivity contribution in [1.82, 2.24) is 0 Å². The van der Waals surface area contributed by atoms with Crippen LogP contribution in [0.4, 0.5) is 5.69 Å². The molecule has 2 aromatic rings. The van der Waals surface area contributed by atoms with Gasteiger partial charge in [-0.05, 0) is 36.4 Å². The van der Waals surface area contributed by atoms with Crippen LogP contribution in [-0.2, 0) is 9.84 Å². The van der Waals surface area contributed by atoms with Crippen molar-refractivity contribution in [2.75, 3.05) is 14.2 Å². The lowest BCUT2D eigenvalue weighted by atomic mass is 10.3. The Morgan fingerprint density at radius 1 is 1.08 bits per heavy atom. The van der Waals surface area contributed by atoms with E-state index in [-0.39, 0.29) is 4.90 Å². The molecule has 0 radical (unpaired) electrons. The molecule has 0 N–H and O–H groups in total. The summed E-state index contributed by atoms with van der Waals surface area (Å²) in [6.45, 7) is 0. The third-order valence-corrected chi connectivity index (χ3v) is 5.09. The second-order valence-corrected chi connectivity index (χ2v) is 6.82. The predicted octanol–water partition coefficient (Wildman–Crippen LogP) is 2.77. The molecule has 0 amide bonds. The van der Waals surface area contributed by atoms with Crippen LogP contribution in [0.3, 0.4) is 0 Å². The highest BCUT2D eigenvalue weighted by Crippen LogP contribution is 2.21. The number of benzene rings is 2. The van der Waals surface area contributed by atoms with Crippen molar-refractivity contribution in [2.24, 2.45) is 4.99 Å². The molecule has 0 aliphatic carbocycles. The Kier molecular flexibility index (Phi) is 5.55. The van der Waals surface area contributed by atoms with Crippen molar-refractivity contribution in [3.8, 4) is 17.6 Å². The van der Waals surface area contributed by atoms with Gasteiger partial charge in [0.05, 0.1) is 30.9 Å². The van der Waals surface area contributed by atoms with E-state index in [2.05, 4.69) is 4.99 Å². The molecule has 0 bridgehead atoms. The first-order valence-electron chi connectivity index (χ1n) is 6.97. The number of aliphatic imine (C=N–C) groups is 1. The molecule has 6 nitrogen and oxygen atoms in total. The first-order valence-corrected chi connectivity index (χ1v) is 8.51. The fraction of sp³-hybridized carbons (Fsp3) is 0.176. The smallest absolute Gasteiger partial charge is 0.199 e. The molecule has 0 spiro atoms. The van der Waals surface area contributed by atoms with Crippen LogP contribution in [0.25, 0.3) is 0 Å². The maximum Gasteiger partial charge on any atom is 0.199 e. The minimum absolute atomic E-state index is 0.0342. The lowest BCUT2D eigenvalue weighted by molar-refractivity contribution is 0.414. The summed E-state index contributed by atoms with van der Waals surface area (Å²) < 4.78 is 35.1. The Bertz CT molecular complexity index is 868. The Hall–Kier alpha value is -2.85. The van der Waals surface area contributed by atoms with Gasteiger partial charge in [0.2, 0.25) is 0 Å². The molecule has 7 heteroatoms. The van der Waals surface area contributed by atoms with Gasteiger partial charge in [-0.2, -0.15) is 5.26 Å². The third kappa shape index (κ3) is 3.91. The molecule has 0 saturated heterocycles. The number of nitrogens with zero attached hydrogens (tertiary/aromatic N) is 2. The minimum atomic E-state index is -3.86. The summed E-state index contributed by atoms with van der Waals surface area (Å²) >= 11 is 0. The van der Waals surface area contributed by atoms with Crippen LogP contribution in [0.5, 0.6) is 11.5 Å². The van der Waals surface area contributed by atoms with Gasteiger partial charge < -0.3 is 9.47 Å². The van der Waals surface area contributed by atoms with Crippen molar-refractivity contribution < 1.29 is 17.9 Å². The summed E-state index contributed by atoms with van der Waals surface area (Å²) in [7, 11) is -0.848. The molecule has 1 atom stereocenters. The van der Waals surface area contributed by atoms with Crippen LogP contribution in [-0.4, -0.2) is 34.1 Å². The van der Waals surface area contributed by atoms with Crippen molar-refractivity contribution in [1.29, 1.82) is 5.26 Å². The second kappa shape index (κ2) is 7.62. The molecule has 0 saturated carbocycles. The van der Waals surface area contributed by atoms with Gasteiger partial charge >= 0.3 is 0 Å². The number of hydrogen-bond acceptors (Lipinski definition) is 6. The van der Waals surface area contributed by atoms with Gasteiger partial charge in [0.1, 0.15) is 11.5 Å². The van der Waals surface area contributed by atoms with Gasteiger partial charge in [0.25, 0.3) is 0 Å². The molecule has 2 rings (SSSR count). The first kappa shape index (κ1) is 17.5. The summed E-state index contributed by atoms with van der Waals surface area (Å²) in [6, 6.07) is 14.4. The topological polar surface area (TPSA) is 88.8 Å². The molecule has 0 aromatic heterocycles. The number of sulfone groups is 1. The first-order chi connectivity index (χ1) is 11.5. The molecule has 24 heavy (non-hydrogen) atoms. The number of hydrogen-bond donors (Lipinski definition) is 0. The third-order valence-electron chi connectivity index (χ3n) is 3.26. The van der Waals surface area contributed by atoms with E-state index in [9.17, 15) is 13.7 Å². The molecule has 0 heterocycles. The molecule has 124 valence electrons. The molecule has 0 aliphatic rings. The number of methoxy groups -OCH3 is 2. The van der Waals surface area contributed by atoms with E-state index in [1.54, 1.807) is 30.3 Å². The monoisotopic (exact) mass is 344 g/mol. The van der Waals surface area contributed by atoms with Crippen LogP contribution < -0.4 is 9.47 Å². The largest absolute Gasteiger partial charge is 0.497 e. The second-order valence-electron chi connectivity index (χ2n) is 4.75. The van der Waals surface area contributed by atoms with Crippen LogP contribution in [0.2, 0.25) is 0 Å². The van der Waals surface area contributed by atoms with Gasteiger partial charge in [-0.3, -0.25) is 4.99 Å².